The van der Waals surface area contributed by atoms with Crippen molar-refractivity contribution in [1.29, 1.82) is 0 Å². The smallest absolute Gasteiger partial charge is 0.138 e. The number of hydrogen-bond acceptors (Lipinski definition) is 4. The van der Waals surface area contributed by atoms with Crippen LogP contribution in [0.2, 0.25) is 0 Å². The Kier molecular flexibility index (Phi) is 5.02. The molecule has 1 N–H and O–H groups in total. The van der Waals surface area contributed by atoms with Gasteiger partial charge >= 0.3 is 0 Å². The minimum absolute atomic E-state index is 0.200. The van der Waals surface area contributed by atoms with Gasteiger partial charge in [-0.2, -0.15) is 0 Å². The molecule has 0 saturated heterocycles. The second-order valence-corrected chi connectivity index (χ2v) is 5.64. The molecule has 2 rings (SSSR count). The molecule has 1 atom stereocenters. The summed E-state index contributed by atoms with van der Waals surface area (Å²) in [6, 6.07) is 8.49. The quantitative estimate of drug-likeness (QED) is 0.875. The predicted molar refractivity (Wildman–Crippen MR) is 83.4 cm³/mol. The van der Waals surface area contributed by atoms with Gasteiger partial charge in [-0.25, -0.2) is 0 Å². The number of benzene rings is 1. The third kappa shape index (κ3) is 4.08. The van der Waals surface area contributed by atoms with Gasteiger partial charge in [0.2, 0.25) is 0 Å². The topological polar surface area (TPSA) is 47.3 Å². The molecule has 0 aliphatic rings. The number of hydrogen-bond donors (Lipinski definition) is 1. The normalized spacial score (nSPS) is 12.7. The number of nitrogens with zero attached hydrogens (tertiary/aromatic N) is 1. The Bertz CT molecular complexity index is 553. The number of ether oxygens (including phenoxy) is 1. The van der Waals surface area contributed by atoms with Crippen LogP contribution in [0.1, 0.15) is 49.4 Å². The van der Waals surface area contributed by atoms with E-state index in [1.165, 1.54) is 5.56 Å². The first kappa shape index (κ1) is 15.6. The lowest BCUT2D eigenvalue weighted by molar-refractivity contribution is 0.242. The first-order valence-electron chi connectivity index (χ1n) is 7.39. The van der Waals surface area contributed by atoms with E-state index in [2.05, 4.69) is 29.5 Å². The van der Waals surface area contributed by atoms with Crippen molar-refractivity contribution in [3.05, 3.63) is 46.8 Å². The van der Waals surface area contributed by atoms with Crippen molar-refractivity contribution >= 4 is 0 Å². The SMILES string of the molecule is Cc1noc(C)c1CNC(C)c1ccc(OC(C)C)cc1. The van der Waals surface area contributed by atoms with Crippen molar-refractivity contribution in [3.8, 4) is 5.75 Å². The highest BCUT2D eigenvalue weighted by Gasteiger charge is 2.11. The molecule has 0 bridgehead atoms. The third-order valence-corrected chi connectivity index (χ3v) is 3.52. The summed E-state index contributed by atoms with van der Waals surface area (Å²) in [7, 11) is 0. The van der Waals surface area contributed by atoms with Crippen LogP contribution in [0.4, 0.5) is 0 Å². The van der Waals surface area contributed by atoms with Crippen LogP contribution < -0.4 is 10.1 Å². The van der Waals surface area contributed by atoms with Crippen molar-refractivity contribution in [1.82, 2.24) is 10.5 Å². The molecule has 1 aromatic heterocycles. The summed E-state index contributed by atoms with van der Waals surface area (Å²) >= 11 is 0. The highest BCUT2D eigenvalue weighted by atomic mass is 16.5. The van der Waals surface area contributed by atoms with Gasteiger partial charge in [-0.05, 0) is 52.3 Å². The molecule has 1 unspecified atom stereocenters. The summed E-state index contributed by atoms with van der Waals surface area (Å²) in [4.78, 5) is 0. The molecule has 21 heavy (non-hydrogen) atoms. The lowest BCUT2D eigenvalue weighted by Gasteiger charge is -2.15. The molecule has 2 aromatic rings. The Hall–Kier alpha value is -1.81. The van der Waals surface area contributed by atoms with Crippen LogP contribution in [0, 0.1) is 13.8 Å². The maximum Gasteiger partial charge on any atom is 0.138 e. The Balaban J connectivity index is 1.95. The Morgan fingerprint density at radius 2 is 1.81 bits per heavy atom. The van der Waals surface area contributed by atoms with Crippen molar-refractivity contribution in [3.63, 3.8) is 0 Å². The second-order valence-electron chi connectivity index (χ2n) is 5.64. The van der Waals surface area contributed by atoms with E-state index in [1.54, 1.807) is 0 Å². The van der Waals surface area contributed by atoms with Crippen LogP contribution in [-0.4, -0.2) is 11.3 Å². The Morgan fingerprint density at radius 3 is 2.33 bits per heavy atom. The van der Waals surface area contributed by atoms with Gasteiger partial charge in [0.1, 0.15) is 11.5 Å². The van der Waals surface area contributed by atoms with E-state index in [-0.39, 0.29) is 12.1 Å². The Morgan fingerprint density at radius 1 is 1.14 bits per heavy atom. The van der Waals surface area contributed by atoms with E-state index in [0.717, 1.165) is 29.3 Å². The highest BCUT2D eigenvalue weighted by Crippen LogP contribution is 2.20. The van der Waals surface area contributed by atoms with Crippen molar-refractivity contribution in [2.24, 2.45) is 0 Å². The zero-order valence-corrected chi connectivity index (χ0v) is 13.4. The maximum atomic E-state index is 5.66. The van der Waals surface area contributed by atoms with Crippen LogP contribution >= 0.6 is 0 Å². The van der Waals surface area contributed by atoms with Crippen LogP contribution in [-0.2, 0) is 6.54 Å². The standard InChI is InChI=1S/C17H24N2O2/c1-11(2)20-16-8-6-15(7-9-16)12(3)18-10-17-13(4)19-21-14(17)5/h6-9,11-12,18H,10H2,1-5H3. The molecule has 0 aliphatic heterocycles. The van der Waals surface area contributed by atoms with Gasteiger partial charge in [-0.1, -0.05) is 17.3 Å². The third-order valence-electron chi connectivity index (χ3n) is 3.52. The molecular formula is C17H24N2O2. The van der Waals surface area contributed by atoms with Crippen LogP contribution in [0.25, 0.3) is 0 Å². The second kappa shape index (κ2) is 6.76. The van der Waals surface area contributed by atoms with Crippen molar-refractivity contribution in [2.75, 3.05) is 0 Å². The number of aromatic nitrogens is 1. The molecule has 114 valence electrons. The zero-order chi connectivity index (χ0) is 15.4. The van der Waals surface area contributed by atoms with Gasteiger partial charge in [0, 0.05) is 18.2 Å². The largest absolute Gasteiger partial charge is 0.491 e. The van der Waals surface area contributed by atoms with Crippen LogP contribution in [0.3, 0.4) is 0 Å². The molecule has 1 aromatic carbocycles. The summed E-state index contributed by atoms with van der Waals surface area (Å²) in [6.07, 6.45) is 0.200. The molecule has 1 heterocycles. The minimum Gasteiger partial charge on any atom is -0.491 e. The van der Waals surface area contributed by atoms with E-state index >= 15 is 0 Å². The van der Waals surface area contributed by atoms with Gasteiger partial charge in [0.15, 0.2) is 0 Å². The van der Waals surface area contributed by atoms with Gasteiger partial charge in [-0.15, -0.1) is 0 Å². The maximum absolute atomic E-state index is 5.66. The first-order valence-corrected chi connectivity index (χ1v) is 7.39. The van der Waals surface area contributed by atoms with Crippen molar-refractivity contribution in [2.45, 2.75) is 53.3 Å². The van der Waals surface area contributed by atoms with Crippen molar-refractivity contribution < 1.29 is 9.26 Å². The fourth-order valence-electron chi connectivity index (χ4n) is 2.23. The summed E-state index contributed by atoms with van der Waals surface area (Å²) in [6.45, 7) is 10.9. The summed E-state index contributed by atoms with van der Waals surface area (Å²) in [5.41, 5.74) is 3.33. The summed E-state index contributed by atoms with van der Waals surface area (Å²) < 4.78 is 10.8. The number of rotatable bonds is 6. The molecule has 0 aliphatic carbocycles. The van der Waals surface area contributed by atoms with Crippen LogP contribution in [0.5, 0.6) is 5.75 Å². The molecule has 4 nitrogen and oxygen atoms in total. The average molecular weight is 288 g/mol. The summed E-state index contributed by atoms with van der Waals surface area (Å²) in [5.74, 6) is 1.79. The Labute approximate surface area is 126 Å². The molecule has 0 amide bonds. The lowest BCUT2D eigenvalue weighted by atomic mass is 10.1. The minimum atomic E-state index is 0.200. The number of aryl methyl sites for hydroxylation is 2. The van der Waals surface area contributed by atoms with E-state index < -0.39 is 0 Å². The molecular weight excluding hydrogens is 264 g/mol. The molecule has 0 spiro atoms. The van der Waals surface area contributed by atoms with Gasteiger partial charge in [0.05, 0.1) is 11.8 Å². The molecule has 0 fully saturated rings. The predicted octanol–water partition coefficient (Wildman–Crippen LogP) is 3.93. The molecule has 0 saturated carbocycles. The molecule has 4 heteroatoms. The van der Waals surface area contributed by atoms with Gasteiger partial charge < -0.3 is 14.6 Å². The lowest BCUT2D eigenvalue weighted by Crippen LogP contribution is -2.18. The zero-order valence-electron chi connectivity index (χ0n) is 13.4. The highest BCUT2D eigenvalue weighted by molar-refractivity contribution is 5.29. The van der Waals surface area contributed by atoms with E-state index in [1.807, 2.05) is 39.8 Å². The average Bonchev–Trinajstić information content (AvgIpc) is 2.75. The van der Waals surface area contributed by atoms with E-state index in [0.29, 0.717) is 0 Å². The van der Waals surface area contributed by atoms with Gasteiger partial charge in [-0.3, -0.25) is 0 Å². The van der Waals surface area contributed by atoms with Crippen LogP contribution in [0.15, 0.2) is 28.8 Å². The van der Waals surface area contributed by atoms with Gasteiger partial charge in [0.25, 0.3) is 0 Å². The summed E-state index contributed by atoms with van der Waals surface area (Å²) in [5, 5.41) is 7.48. The fraction of sp³-hybridized carbons (Fsp3) is 0.471. The van der Waals surface area contributed by atoms with E-state index in [4.69, 9.17) is 9.26 Å². The molecule has 0 radical (unpaired) electrons. The monoisotopic (exact) mass is 288 g/mol. The fourth-order valence-corrected chi connectivity index (χ4v) is 2.23. The van der Waals surface area contributed by atoms with E-state index in [9.17, 15) is 0 Å². The first-order chi connectivity index (χ1) is 9.97. The number of nitrogens with one attached hydrogen (secondary N) is 1.